The van der Waals surface area contributed by atoms with E-state index in [0.29, 0.717) is 6.04 Å². The zero-order valence-corrected chi connectivity index (χ0v) is 12.4. The highest BCUT2D eigenvalue weighted by Gasteiger charge is 2.21. The van der Waals surface area contributed by atoms with Crippen molar-refractivity contribution in [1.29, 1.82) is 0 Å². The lowest BCUT2D eigenvalue weighted by Crippen LogP contribution is -2.36. The highest BCUT2D eigenvalue weighted by atomic mass is 16.5. The van der Waals surface area contributed by atoms with Gasteiger partial charge in [-0.15, -0.1) is 0 Å². The van der Waals surface area contributed by atoms with Crippen LogP contribution in [0.15, 0.2) is 18.2 Å². The van der Waals surface area contributed by atoms with Gasteiger partial charge in [0.25, 0.3) is 0 Å². The van der Waals surface area contributed by atoms with Gasteiger partial charge in [-0.1, -0.05) is 6.07 Å². The third-order valence-electron chi connectivity index (χ3n) is 4.37. The summed E-state index contributed by atoms with van der Waals surface area (Å²) in [6.45, 7) is 2.78. The molecule has 3 heteroatoms. The molecule has 0 heterocycles. The normalized spacial score (nSPS) is 21.6. The summed E-state index contributed by atoms with van der Waals surface area (Å²) in [6, 6.07) is 7.05. The Hall–Kier alpha value is -1.06. The first-order chi connectivity index (χ1) is 9.85. The van der Waals surface area contributed by atoms with Gasteiger partial charge in [0.05, 0.1) is 13.7 Å². The fourth-order valence-electron chi connectivity index (χ4n) is 2.90. The quantitative estimate of drug-likeness (QED) is 0.776. The third-order valence-corrected chi connectivity index (χ3v) is 4.37. The van der Waals surface area contributed by atoms with Crippen molar-refractivity contribution >= 4 is 0 Å². The van der Waals surface area contributed by atoms with Crippen molar-refractivity contribution in [2.45, 2.75) is 38.1 Å². The molecule has 1 atom stereocenters. The number of benzene rings is 1. The van der Waals surface area contributed by atoms with Gasteiger partial charge < -0.3 is 14.8 Å². The number of rotatable bonds is 7. The minimum Gasteiger partial charge on any atom is -0.497 e. The van der Waals surface area contributed by atoms with Crippen LogP contribution in [0.5, 0.6) is 5.75 Å². The molecule has 1 saturated carbocycles. The Balaban J connectivity index is 1.42. The van der Waals surface area contributed by atoms with E-state index in [1.807, 2.05) is 0 Å². The lowest BCUT2D eigenvalue weighted by atomic mass is 9.88. The zero-order chi connectivity index (χ0) is 13.8. The number of fused-ring (bicyclic) bond motifs is 1. The summed E-state index contributed by atoms with van der Waals surface area (Å²) in [7, 11) is 1.73. The van der Waals surface area contributed by atoms with Crippen LogP contribution in [0.1, 0.15) is 30.4 Å². The van der Waals surface area contributed by atoms with E-state index in [0.717, 1.165) is 37.8 Å². The fourth-order valence-corrected chi connectivity index (χ4v) is 2.90. The van der Waals surface area contributed by atoms with Crippen LogP contribution in [-0.2, 0) is 17.6 Å². The van der Waals surface area contributed by atoms with Gasteiger partial charge in [0.1, 0.15) is 5.75 Å². The highest BCUT2D eigenvalue weighted by molar-refractivity contribution is 5.37. The summed E-state index contributed by atoms with van der Waals surface area (Å²) in [4.78, 5) is 0. The van der Waals surface area contributed by atoms with Crippen LogP contribution in [0.3, 0.4) is 0 Å². The maximum atomic E-state index is 5.67. The van der Waals surface area contributed by atoms with Crippen molar-refractivity contribution in [3.05, 3.63) is 29.3 Å². The molecule has 3 nitrogen and oxygen atoms in total. The topological polar surface area (TPSA) is 30.5 Å². The molecule has 2 aliphatic carbocycles. The van der Waals surface area contributed by atoms with E-state index in [-0.39, 0.29) is 0 Å². The first kappa shape index (κ1) is 13.9. The van der Waals surface area contributed by atoms with E-state index in [9.17, 15) is 0 Å². The van der Waals surface area contributed by atoms with Crippen molar-refractivity contribution in [2.24, 2.45) is 5.92 Å². The first-order valence-electron chi connectivity index (χ1n) is 7.82. The second-order valence-electron chi connectivity index (χ2n) is 6.05. The van der Waals surface area contributed by atoms with Crippen molar-refractivity contribution in [3.8, 4) is 5.75 Å². The number of nitrogens with one attached hydrogen (secondary N) is 1. The SMILES string of the molecule is COc1ccc2c(c1)CC(NCCOCC1CC1)CC2. The van der Waals surface area contributed by atoms with Crippen LogP contribution in [0.25, 0.3) is 0 Å². The van der Waals surface area contributed by atoms with Gasteiger partial charge in [0.2, 0.25) is 0 Å². The molecule has 1 unspecified atom stereocenters. The molecule has 1 N–H and O–H groups in total. The third kappa shape index (κ3) is 3.74. The minimum atomic E-state index is 0.583. The maximum absolute atomic E-state index is 5.67. The molecular weight excluding hydrogens is 250 g/mol. The van der Waals surface area contributed by atoms with Crippen LogP contribution in [0.2, 0.25) is 0 Å². The Bertz CT molecular complexity index is 443. The molecule has 0 spiro atoms. The average molecular weight is 275 g/mol. The van der Waals surface area contributed by atoms with Gasteiger partial charge in [0.15, 0.2) is 0 Å². The summed E-state index contributed by atoms with van der Waals surface area (Å²) < 4.78 is 11.0. The largest absolute Gasteiger partial charge is 0.497 e. The molecule has 20 heavy (non-hydrogen) atoms. The summed E-state index contributed by atoms with van der Waals surface area (Å²) >= 11 is 0. The van der Waals surface area contributed by atoms with Crippen molar-refractivity contribution in [2.75, 3.05) is 26.9 Å². The van der Waals surface area contributed by atoms with Gasteiger partial charge in [0, 0.05) is 19.2 Å². The molecule has 1 fully saturated rings. The number of ether oxygens (including phenoxy) is 2. The van der Waals surface area contributed by atoms with Gasteiger partial charge in [-0.05, 0) is 61.3 Å². The van der Waals surface area contributed by atoms with Gasteiger partial charge in [-0.3, -0.25) is 0 Å². The Morgan fingerprint density at radius 1 is 1.20 bits per heavy atom. The van der Waals surface area contributed by atoms with Crippen LogP contribution >= 0.6 is 0 Å². The molecule has 0 radical (unpaired) electrons. The molecule has 3 rings (SSSR count). The van der Waals surface area contributed by atoms with Crippen LogP contribution in [0.4, 0.5) is 0 Å². The molecule has 0 aromatic heterocycles. The fraction of sp³-hybridized carbons (Fsp3) is 0.647. The van der Waals surface area contributed by atoms with Crippen LogP contribution in [0, 0.1) is 5.92 Å². The predicted octanol–water partition coefficient (Wildman–Crippen LogP) is 2.57. The Morgan fingerprint density at radius 2 is 2.10 bits per heavy atom. The average Bonchev–Trinajstić information content (AvgIpc) is 3.30. The molecular formula is C17H25NO2. The Kier molecular flexibility index (Phi) is 4.58. The summed E-state index contributed by atoms with van der Waals surface area (Å²) in [5.41, 5.74) is 2.92. The second kappa shape index (κ2) is 6.59. The molecule has 1 aromatic carbocycles. The van der Waals surface area contributed by atoms with E-state index in [1.165, 1.54) is 36.8 Å². The monoisotopic (exact) mass is 275 g/mol. The van der Waals surface area contributed by atoms with Gasteiger partial charge >= 0.3 is 0 Å². The molecule has 2 aliphatic rings. The summed E-state index contributed by atoms with van der Waals surface area (Å²) in [5, 5.41) is 3.63. The van der Waals surface area contributed by atoms with Crippen LogP contribution in [-0.4, -0.2) is 32.9 Å². The van der Waals surface area contributed by atoms with Crippen LogP contribution < -0.4 is 10.1 Å². The van der Waals surface area contributed by atoms with Gasteiger partial charge in [-0.2, -0.15) is 0 Å². The second-order valence-corrected chi connectivity index (χ2v) is 6.05. The summed E-state index contributed by atoms with van der Waals surface area (Å²) in [6.07, 6.45) is 6.24. The zero-order valence-electron chi connectivity index (χ0n) is 12.4. The molecule has 0 bridgehead atoms. The van der Waals surface area contributed by atoms with Gasteiger partial charge in [-0.25, -0.2) is 0 Å². The van der Waals surface area contributed by atoms with Crippen molar-refractivity contribution < 1.29 is 9.47 Å². The smallest absolute Gasteiger partial charge is 0.119 e. The number of hydrogen-bond acceptors (Lipinski definition) is 3. The van der Waals surface area contributed by atoms with Crippen molar-refractivity contribution in [3.63, 3.8) is 0 Å². The number of aryl methyl sites for hydroxylation is 1. The predicted molar refractivity (Wildman–Crippen MR) is 80.4 cm³/mol. The lowest BCUT2D eigenvalue weighted by Gasteiger charge is -2.26. The van der Waals surface area contributed by atoms with E-state index in [4.69, 9.17) is 9.47 Å². The number of hydrogen-bond donors (Lipinski definition) is 1. The van der Waals surface area contributed by atoms with E-state index in [2.05, 4.69) is 23.5 Å². The molecule has 110 valence electrons. The lowest BCUT2D eigenvalue weighted by molar-refractivity contribution is 0.123. The Labute approximate surface area is 121 Å². The standard InChI is InChI=1S/C17H25NO2/c1-19-17-7-5-14-4-6-16(10-15(14)11-17)18-8-9-20-12-13-2-3-13/h5,7,11,13,16,18H,2-4,6,8-10,12H2,1H3. The number of methoxy groups -OCH3 is 1. The minimum absolute atomic E-state index is 0.583. The van der Waals surface area contributed by atoms with E-state index in [1.54, 1.807) is 7.11 Å². The van der Waals surface area contributed by atoms with Crippen molar-refractivity contribution in [1.82, 2.24) is 5.32 Å². The highest BCUT2D eigenvalue weighted by Crippen LogP contribution is 2.28. The molecule has 0 aliphatic heterocycles. The molecule has 0 amide bonds. The first-order valence-corrected chi connectivity index (χ1v) is 7.82. The summed E-state index contributed by atoms with van der Waals surface area (Å²) in [5.74, 6) is 1.83. The Morgan fingerprint density at radius 3 is 2.90 bits per heavy atom. The molecule has 1 aromatic rings. The van der Waals surface area contributed by atoms with E-state index < -0.39 is 0 Å². The molecule has 0 saturated heterocycles. The maximum Gasteiger partial charge on any atom is 0.119 e. The van der Waals surface area contributed by atoms with E-state index >= 15 is 0 Å².